The van der Waals surface area contributed by atoms with Gasteiger partial charge < -0.3 is 10.6 Å². The Hall–Kier alpha value is -1.85. The minimum Gasteiger partial charge on any atom is -0.349 e. The molecule has 0 bridgehead atoms. The molecular weight excluding hydrogens is 324 g/mol. The third-order valence-electron chi connectivity index (χ3n) is 4.40. The lowest BCUT2D eigenvalue weighted by atomic mass is 10.1. The predicted molar refractivity (Wildman–Crippen MR) is 98.5 cm³/mol. The summed E-state index contributed by atoms with van der Waals surface area (Å²) in [6.45, 7) is 3.52. The number of likely N-dealkylation sites (N-methyl/N-ethyl adjacent to an activating group) is 1. The molecular formula is C18H25ClN4O. The first-order chi connectivity index (χ1) is 11.2. The molecule has 1 aliphatic rings. The van der Waals surface area contributed by atoms with Crippen LogP contribution >= 0.6 is 12.4 Å². The minimum absolute atomic E-state index is 0. The fourth-order valence-corrected chi connectivity index (χ4v) is 3.09. The molecule has 1 amide bonds. The Balaban J connectivity index is 0.00000208. The normalized spacial score (nSPS) is 12.6. The van der Waals surface area contributed by atoms with Crippen LogP contribution in [-0.4, -0.2) is 35.8 Å². The molecule has 1 aliphatic carbocycles. The Kier molecular flexibility index (Phi) is 6.40. The zero-order valence-corrected chi connectivity index (χ0v) is 15.1. The maximum Gasteiger partial charge on any atom is 0.272 e. The van der Waals surface area contributed by atoms with Crippen LogP contribution in [0.1, 0.15) is 40.7 Å². The molecule has 3 rings (SSSR count). The number of nitrogens with zero attached hydrogens (tertiary/aromatic N) is 2. The van der Waals surface area contributed by atoms with Crippen molar-refractivity contribution in [2.75, 3.05) is 20.1 Å². The summed E-state index contributed by atoms with van der Waals surface area (Å²) < 4.78 is 1.95. The largest absolute Gasteiger partial charge is 0.349 e. The molecule has 1 aromatic heterocycles. The van der Waals surface area contributed by atoms with E-state index in [0.29, 0.717) is 12.2 Å². The van der Waals surface area contributed by atoms with Crippen molar-refractivity contribution in [2.24, 2.45) is 0 Å². The predicted octanol–water partition coefficient (Wildman–Crippen LogP) is 2.29. The number of benzene rings is 1. The molecule has 0 aliphatic heterocycles. The number of aromatic nitrogens is 2. The van der Waals surface area contributed by atoms with Crippen LogP contribution < -0.4 is 10.6 Å². The van der Waals surface area contributed by atoms with Gasteiger partial charge in [0.25, 0.3) is 5.91 Å². The summed E-state index contributed by atoms with van der Waals surface area (Å²) in [5.74, 6) is -0.0673. The van der Waals surface area contributed by atoms with E-state index in [0.717, 1.165) is 43.5 Å². The van der Waals surface area contributed by atoms with Crippen molar-refractivity contribution in [1.29, 1.82) is 0 Å². The molecule has 0 saturated carbocycles. The van der Waals surface area contributed by atoms with Crippen molar-refractivity contribution < 1.29 is 4.79 Å². The van der Waals surface area contributed by atoms with E-state index in [-0.39, 0.29) is 18.3 Å². The van der Waals surface area contributed by atoms with E-state index in [9.17, 15) is 4.79 Å². The molecule has 24 heavy (non-hydrogen) atoms. The average Bonchev–Trinajstić information content (AvgIpc) is 3.17. The standard InChI is InChI=1S/C18H24N4O.ClH/c1-3-13-7-9-14(10-8-13)22-16-6-4-5-15(16)17(21-22)18(23)20-12-11-19-2;/h7-10,19H,3-6,11-12H2,1-2H3,(H,20,23);1H. The van der Waals surface area contributed by atoms with Gasteiger partial charge in [-0.15, -0.1) is 12.4 Å². The van der Waals surface area contributed by atoms with E-state index < -0.39 is 0 Å². The number of nitrogens with one attached hydrogen (secondary N) is 2. The van der Waals surface area contributed by atoms with Crippen LogP contribution in [0.15, 0.2) is 24.3 Å². The van der Waals surface area contributed by atoms with Crippen LogP contribution in [-0.2, 0) is 19.3 Å². The maximum absolute atomic E-state index is 12.4. The number of hydrogen-bond acceptors (Lipinski definition) is 3. The van der Waals surface area contributed by atoms with E-state index in [1.807, 2.05) is 11.7 Å². The molecule has 0 fully saturated rings. The molecule has 1 heterocycles. The summed E-state index contributed by atoms with van der Waals surface area (Å²) in [4.78, 5) is 12.4. The van der Waals surface area contributed by atoms with Crippen LogP contribution in [0, 0.1) is 0 Å². The minimum atomic E-state index is -0.0673. The molecule has 6 heteroatoms. The second-order valence-corrected chi connectivity index (χ2v) is 5.92. The highest BCUT2D eigenvalue weighted by Crippen LogP contribution is 2.27. The van der Waals surface area contributed by atoms with Gasteiger partial charge in [0.1, 0.15) is 0 Å². The molecule has 130 valence electrons. The van der Waals surface area contributed by atoms with E-state index in [1.54, 1.807) is 0 Å². The van der Waals surface area contributed by atoms with E-state index in [1.165, 1.54) is 11.3 Å². The number of hydrogen-bond donors (Lipinski definition) is 2. The Morgan fingerprint density at radius 3 is 2.62 bits per heavy atom. The number of carbonyl (C=O) groups excluding carboxylic acids is 1. The molecule has 0 radical (unpaired) electrons. The van der Waals surface area contributed by atoms with Gasteiger partial charge in [-0.05, 0) is 50.4 Å². The van der Waals surface area contributed by atoms with Crippen LogP contribution in [0.25, 0.3) is 5.69 Å². The summed E-state index contributed by atoms with van der Waals surface area (Å²) in [6, 6.07) is 8.44. The summed E-state index contributed by atoms with van der Waals surface area (Å²) in [6.07, 6.45) is 4.05. The van der Waals surface area contributed by atoms with Gasteiger partial charge in [-0.1, -0.05) is 19.1 Å². The number of carbonyl (C=O) groups is 1. The van der Waals surface area contributed by atoms with Crippen LogP contribution in [0.4, 0.5) is 0 Å². The molecule has 0 saturated heterocycles. The van der Waals surface area contributed by atoms with E-state index in [2.05, 4.69) is 46.9 Å². The third kappa shape index (κ3) is 3.62. The highest BCUT2D eigenvalue weighted by Gasteiger charge is 2.26. The van der Waals surface area contributed by atoms with Crippen LogP contribution in [0.3, 0.4) is 0 Å². The lowest BCUT2D eigenvalue weighted by molar-refractivity contribution is 0.0948. The first kappa shape index (κ1) is 18.5. The van der Waals surface area contributed by atoms with Crippen molar-refractivity contribution in [3.63, 3.8) is 0 Å². The molecule has 2 N–H and O–H groups in total. The van der Waals surface area contributed by atoms with E-state index >= 15 is 0 Å². The van der Waals surface area contributed by atoms with Crippen molar-refractivity contribution in [3.8, 4) is 5.69 Å². The van der Waals surface area contributed by atoms with Gasteiger partial charge in [0, 0.05) is 24.3 Å². The fourth-order valence-electron chi connectivity index (χ4n) is 3.09. The van der Waals surface area contributed by atoms with E-state index in [4.69, 9.17) is 0 Å². The summed E-state index contributed by atoms with van der Waals surface area (Å²) in [5, 5.41) is 10.6. The lowest BCUT2D eigenvalue weighted by Gasteiger charge is -2.06. The second kappa shape index (κ2) is 8.31. The molecule has 0 atom stereocenters. The van der Waals surface area contributed by atoms with Crippen molar-refractivity contribution in [2.45, 2.75) is 32.6 Å². The van der Waals surface area contributed by atoms with Crippen LogP contribution in [0.5, 0.6) is 0 Å². The molecule has 0 unspecified atom stereocenters. The first-order valence-corrected chi connectivity index (χ1v) is 8.37. The van der Waals surface area contributed by atoms with Gasteiger partial charge in [-0.3, -0.25) is 4.79 Å². The van der Waals surface area contributed by atoms with Gasteiger partial charge >= 0.3 is 0 Å². The van der Waals surface area contributed by atoms with Crippen LogP contribution in [0.2, 0.25) is 0 Å². The first-order valence-electron chi connectivity index (χ1n) is 8.37. The summed E-state index contributed by atoms with van der Waals surface area (Å²) in [5.41, 5.74) is 5.24. The Labute approximate surface area is 149 Å². The number of aryl methyl sites for hydroxylation is 1. The number of fused-ring (bicyclic) bond motifs is 1. The Morgan fingerprint density at radius 1 is 1.21 bits per heavy atom. The van der Waals surface area contributed by atoms with Crippen molar-refractivity contribution in [1.82, 2.24) is 20.4 Å². The van der Waals surface area contributed by atoms with Gasteiger partial charge in [-0.25, -0.2) is 4.68 Å². The fraction of sp³-hybridized carbons (Fsp3) is 0.444. The average molecular weight is 349 g/mol. The summed E-state index contributed by atoms with van der Waals surface area (Å²) in [7, 11) is 1.87. The number of halogens is 1. The highest BCUT2D eigenvalue weighted by molar-refractivity contribution is 5.94. The molecule has 2 aromatic rings. The SMILES string of the molecule is CCc1ccc(-n2nc(C(=O)NCCNC)c3c2CCC3)cc1.Cl. The van der Waals surface area contributed by atoms with Gasteiger partial charge in [0.2, 0.25) is 0 Å². The highest BCUT2D eigenvalue weighted by atomic mass is 35.5. The molecule has 1 aromatic carbocycles. The topological polar surface area (TPSA) is 59.0 Å². The zero-order chi connectivity index (χ0) is 16.2. The lowest BCUT2D eigenvalue weighted by Crippen LogP contribution is -2.31. The van der Waals surface area contributed by atoms with Gasteiger partial charge in [0.15, 0.2) is 5.69 Å². The van der Waals surface area contributed by atoms with Crippen molar-refractivity contribution >= 4 is 18.3 Å². The van der Waals surface area contributed by atoms with Gasteiger partial charge in [-0.2, -0.15) is 5.10 Å². The number of rotatable bonds is 6. The van der Waals surface area contributed by atoms with Gasteiger partial charge in [0.05, 0.1) is 5.69 Å². The quantitative estimate of drug-likeness (QED) is 0.787. The second-order valence-electron chi connectivity index (χ2n) is 5.92. The smallest absolute Gasteiger partial charge is 0.272 e. The number of amides is 1. The summed E-state index contributed by atoms with van der Waals surface area (Å²) >= 11 is 0. The Morgan fingerprint density at radius 2 is 1.96 bits per heavy atom. The zero-order valence-electron chi connectivity index (χ0n) is 14.3. The third-order valence-corrected chi connectivity index (χ3v) is 4.40. The maximum atomic E-state index is 12.4. The Bertz CT molecular complexity index is 694. The monoisotopic (exact) mass is 348 g/mol. The van der Waals surface area contributed by atoms with Crippen molar-refractivity contribution in [3.05, 3.63) is 46.8 Å². The molecule has 0 spiro atoms. The molecule has 5 nitrogen and oxygen atoms in total.